The Morgan fingerprint density at radius 1 is 1.60 bits per heavy atom. The molecule has 1 amide bonds. The van der Waals surface area contributed by atoms with E-state index >= 15 is 0 Å². The lowest BCUT2D eigenvalue weighted by Gasteiger charge is -2.13. The highest BCUT2D eigenvalue weighted by molar-refractivity contribution is 5.80. The van der Waals surface area contributed by atoms with E-state index in [-0.39, 0.29) is 11.9 Å². The number of carbonyl (C=O) groups is 1. The van der Waals surface area contributed by atoms with Gasteiger partial charge in [-0.05, 0) is 26.7 Å². The van der Waals surface area contributed by atoms with E-state index in [2.05, 4.69) is 11.9 Å². The molecule has 0 bridgehead atoms. The summed E-state index contributed by atoms with van der Waals surface area (Å²) in [4.78, 5) is 11.4. The maximum absolute atomic E-state index is 11.4. The number of rotatable bonds is 8. The fourth-order valence-electron chi connectivity index (χ4n) is 0.971. The summed E-state index contributed by atoms with van der Waals surface area (Å²) in [6.07, 6.45) is 2.90. The summed E-state index contributed by atoms with van der Waals surface area (Å²) >= 11 is 0. The van der Waals surface area contributed by atoms with Crippen molar-refractivity contribution in [2.45, 2.75) is 38.8 Å². The first-order valence-corrected chi connectivity index (χ1v) is 5.33. The van der Waals surface area contributed by atoms with E-state index < -0.39 is 6.10 Å². The molecule has 2 unspecified atom stereocenters. The zero-order valence-electron chi connectivity index (χ0n) is 9.66. The predicted octanol–water partition coefficient (Wildman–Crippen LogP) is 0.821. The molecular formula is C11H22N2O2. The van der Waals surface area contributed by atoms with Crippen molar-refractivity contribution in [3.63, 3.8) is 0 Å². The van der Waals surface area contributed by atoms with Gasteiger partial charge in [0.05, 0.1) is 6.61 Å². The normalized spacial score (nSPS) is 14.3. The highest BCUT2D eigenvalue weighted by Crippen LogP contribution is 1.93. The number of nitrogens with two attached hydrogens (primary N) is 1. The number of carbonyl (C=O) groups excluding carboxylic acids is 1. The molecule has 0 rings (SSSR count). The van der Waals surface area contributed by atoms with Crippen LogP contribution in [0.5, 0.6) is 0 Å². The van der Waals surface area contributed by atoms with Gasteiger partial charge in [0.1, 0.15) is 6.10 Å². The van der Waals surface area contributed by atoms with E-state index in [9.17, 15) is 4.79 Å². The van der Waals surface area contributed by atoms with Gasteiger partial charge in [-0.2, -0.15) is 0 Å². The molecule has 4 heteroatoms. The first kappa shape index (κ1) is 14.1. The van der Waals surface area contributed by atoms with Crippen molar-refractivity contribution in [2.24, 2.45) is 5.73 Å². The van der Waals surface area contributed by atoms with E-state index in [0.29, 0.717) is 13.2 Å². The lowest BCUT2D eigenvalue weighted by Crippen LogP contribution is -2.36. The number of ether oxygens (including phenoxy) is 1. The first-order chi connectivity index (χ1) is 7.07. The topological polar surface area (TPSA) is 64.3 Å². The van der Waals surface area contributed by atoms with Crippen LogP contribution in [-0.4, -0.2) is 31.2 Å². The van der Waals surface area contributed by atoms with E-state index in [0.717, 1.165) is 12.8 Å². The summed E-state index contributed by atoms with van der Waals surface area (Å²) in [7, 11) is 0. The molecule has 0 heterocycles. The summed E-state index contributed by atoms with van der Waals surface area (Å²) in [5, 5.41) is 2.77. The molecule has 0 aliphatic heterocycles. The molecule has 0 aromatic rings. The summed E-state index contributed by atoms with van der Waals surface area (Å²) in [5.74, 6) is -0.0836. The predicted molar refractivity (Wildman–Crippen MR) is 61.5 cm³/mol. The third-order valence-corrected chi connectivity index (χ3v) is 1.96. The molecule has 88 valence electrons. The first-order valence-electron chi connectivity index (χ1n) is 5.33. The van der Waals surface area contributed by atoms with Crippen molar-refractivity contribution in [2.75, 3.05) is 13.2 Å². The third kappa shape index (κ3) is 8.15. The van der Waals surface area contributed by atoms with Crippen LogP contribution in [0.25, 0.3) is 0 Å². The standard InChI is InChI=1S/C11H22N2O2/c1-4-5-8-15-10(3)11(14)13-7-6-9(2)12/h4,9-10H,1,5-8,12H2,2-3H3,(H,13,14). The molecule has 0 spiro atoms. The van der Waals surface area contributed by atoms with Gasteiger partial charge in [0.15, 0.2) is 0 Å². The maximum atomic E-state index is 11.4. The number of hydrogen-bond donors (Lipinski definition) is 2. The lowest BCUT2D eigenvalue weighted by atomic mass is 10.2. The lowest BCUT2D eigenvalue weighted by molar-refractivity contribution is -0.131. The zero-order chi connectivity index (χ0) is 11.7. The minimum Gasteiger partial charge on any atom is -0.368 e. The van der Waals surface area contributed by atoms with Gasteiger partial charge >= 0.3 is 0 Å². The van der Waals surface area contributed by atoms with Crippen molar-refractivity contribution < 1.29 is 9.53 Å². The quantitative estimate of drug-likeness (QED) is 0.464. The van der Waals surface area contributed by atoms with Crippen molar-refractivity contribution in [3.05, 3.63) is 12.7 Å². The number of nitrogens with one attached hydrogen (secondary N) is 1. The summed E-state index contributed by atoms with van der Waals surface area (Å²) < 4.78 is 5.29. The molecule has 0 aromatic carbocycles. The molecule has 0 saturated carbocycles. The van der Waals surface area contributed by atoms with Gasteiger partial charge < -0.3 is 15.8 Å². The van der Waals surface area contributed by atoms with E-state index in [1.54, 1.807) is 13.0 Å². The van der Waals surface area contributed by atoms with Gasteiger partial charge in [-0.3, -0.25) is 4.79 Å². The third-order valence-electron chi connectivity index (χ3n) is 1.96. The average molecular weight is 214 g/mol. The smallest absolute Gasteiger partial charge is 0.248 e. The van der Waals surface area contributed by atoms with Crippen LogP contribution in [0.3, 0.4) is 0 Å². The second kappa shape index (κ2) is 8.44. The van der Waals surface area contributed by atoms with Crippen LogP contribution in [0.2, 0.25) is 0 Å². The van der Waals surface area contributed by atoms with Crippen molar-refractivity contribution in [3.8, 4) is 0 Å². The van der Waals surface area contributed by atoms with Gasteiger partial charge in [0.25, 0.3) is 0 Å². The number of hydrogen-bond acceptors (Lipinski definition) is 3. The van der Waals surface area contributed by atoms with Crippen LogP contribution in [0.15, 0.2) is 12.7 Å². The molecule has 0 saturated heterocycles. The Morgan fingerprint density at radius 2 is 2.27 bits per heavy atom. The van der Waals surface area contributed by atoms with Crippen LogP contribution >= 0.6 is 0 Å². The van der Waals surface area contributed by atoms with Gasteiger partial charge in [-0.25, -0.2) is 0 Å². The molecule has 0 aliphatic carbocycles. The van der Waals surface area contributed by atoms with Crippen LogP contribution < -0.4 is 11.1 Å². The van der Waals surface area contributed by atoms with Crippen molar-refractivity contribution >= 4 is 5.91 Å². The van der Waals surface area contributed by atoms with Crippen LogP contribution in [0.1, 0.15) is 26.7 Å². The van der Waals surface area contributed by atoms with E-state index in [1.165, 1.54) is 0 Å². The molecular weight excluding hydrogens is 192 g/mol. The van der Waals surface area contributed by atoms with Gasteiger partial charge in [0.2, 0.25) is 5.91 Å². The van der Waals surface area contributed by atoms with Gasteiger partial charge in [-0.15, -0.1) is 6.58 Å². The van der Waals surface area contributed by atoms with E-state index in [1.807, 2.05) is 6.92 Å². The Morgan fingerprint density at radius 3 is 2.80 bits per heavy atom. The summed E-state index contributed by atoms with van der Waals surface area (Å²) in [5.41, 5.74) is 5.56. The second-order valence-corrected chi connectivity index (χ2v) is 3.65. The van der Waals surface area contributed by atoms with Crippen LogP contribution in [0.4, 0.5) is 0 Å². The zero-order valence-corrected chi connectivity index (χ0v) is 9.66. The maximum Gasteiger partial charge on any atom is 0.248 e. The Labute approximate surface area is 91.9 Å². The summed E-state index contributed by atoms with van der Waals surface area (Å²) in [6, 6.07) is 0.113. The molecule has 0 fully saturated rings. The molecule has 0 aromatic heterocycles. The largest absolute Gasteiger partial charge is 0.368 e. The molecule has 3 N–H and O–H groups in total. The minimum atomic E-state index is -0.405. The fourth-order valence-corrected chi connectivity index (χ4v) is 0.971. The second-order valence-electron chi connectivity index (χ2n) is 3.65. The van der Waals surface area contributed by atoms with Gasteiger partial charge in [0, 0.05) is 12.6 Å². The van der Waals surface area contributed by atoms with Crippen LogP contribution in [0, 0.1) is 0 Å². The highest BCUT2D eigenvalue weighted by Gasteiger charge is 2.11. The molecule has 15 heavy (non-hydrogen) atoms. The Bertz CT molecular complexity index is 193. The monoisotopic (exact) mass is 214 g/mol. The highest BCUT2D eigenvalue weighted by atomic mass is 16.5. The average Bonchev–Trinajstić information content (AvgIpc) is 2.17. The molecule has 0 radical (unpaired) electrons. The Hall–Kier alpha value is -0.870. The molecule has 2 atom stereocenters. The van der Waals surface area contributed by atoms with Crippen molar-refractivity contribution in [1.82, 2.24) is 5.32 Å². The summed E-state index contributed by atoms with van der Waals surface area (Å²) in [6.45, 7) is 8.37. The SMILES string of the molecule is C=CCCOC(C)C(=O)NCCC(C)N. The van der Waals surface area contributed by atoms with Crippen LogP contribution in [-0.2, 0) is 9.53 Å². The Balaban J connectivity index is 3.55. The fraction of sp³-hybridized carbons (Fsp3) is 0.727. The van der Waals surface area contributed by atoms with Gasteiger partial charge in [-0.1, -0.05) is 6.08 Å². The van der Waals surface area contributed by atoms with E-state index in [4.69, 9.17) is 10.5 Å². The molecule has 4 nitrogen and oxygen atoms in total. The number of amides is 1. The minimum absolute atomic E-state index is 0.0836. The Kier molecular flexibility index (Phi) is 7.95. The van der Waals surface area contributed by atoms with Crippen molar-refractivity contribution in [1.29, 1.82) is 0 Å². The molecule has 0 aliphatic rings.